The summed E-state index contributed by atoms with van der Waals surface area (Å²) in [6.07, 6.45) is 9.70. The molecular formula is C23H21N7. The van der Waals surface area contributed by atoms with Crippen molar-refractivity contribution in [3.63, 3.8) is 0 Å². The van der Waals surface area contributed by atoms with E-state index in [-0.39, 0.29) is 0 Å². The van der Waals surface area contributed by atoms with Crippen LogP contribution < -0.4 is 5.32 Å². The van der Waals surface area contributed by atoms with Crippen molar-refractivity contribution in [2.75, 3.05) is 13.1 Å². The zero-order valence-corrected chi connectivity index (χ0v) is 16.4. The molecule has 7 heteroatoms. The molecule has 30 heavy (non-hydrogen) atoms. The Hall–Kier alpha value is -3.58. The first-order valence-electron chi connectivity index (χ1n) is 10.3. The Bertz CT molecular complexity index is 1330. The van der Waals surface area contributed by atoms with Crippen LogP contribution in [-0.2, 0) is 0 Å². The number of H-pyrrole nitrogens is 2. The third kappa shape index (κ3) is 2.86. The van der Waals surface area contributed by atoms with Gasteiger partial charge in [0.2, 0.25) is 0 Å². The second kappa shape index (κ2) is 7.03. The predicted octanol–water partition coefficient (Wildman–Crippen LogP) is 4.03. The van der Waals surface area contributed by atoms with Gasteiger partial charge in [0.05, 0.1) is 17.1 Å². The minimum Gasteiger partial charge on any atom is -0.353 e. The highest BCUT2D eigenvalue weighted by molar-refractivity contribution is 5.99. The number of aromatic nitrogens is 6. The molecule has 6 rings (SSSR count). The van der Waals surface area contributed by atoms with Gasteiger partial charge in [0.15, 0.2) is 5.65 Å². The van der Waals surface area contributed by atoms with Gasteiger partial charge in [-0.1, -0.05) is 0 Å². The number of pyridine rings is 3. The summed E-state index contributed by atoms with van der Waals surface area (Å²) in [7, 11) is 0. The predicted molar refractivity (Wildman–Crippen MR) is 117 cm³/mol. The van der Waals surface area contributed by atoms with Gasteiger partial charge in [0.1, 0.15) is 0 Å². The molecule has 7 nitrogen and oxygen atoms in total. The van der Waals surface area contributed by atoms with E-state index in [2.05, 4.69) is 47.6 Å². The quantitative estimate of drug-likeness (QED) is 0.429. The Kier molecular flexibility index (Phi) is 4.06. The molecule has 3 N–H and O–H groups in total. The van der Waals surface area contributed by atoms with Crippen molar-refractivity contribution in [2.24, 2.45) is 0 Å². The van der Waals surface area contributed by atoms with Crippen molar-refractivity contribution in [1.29, 1.82) is 0 Å². The van der Waals surface area contributed by atoms with E-state index >= 15 is 0 Å². The molecule has 0 unspecified atom stereocenters. The number of rotatable bonds is 3. The number of hydrogen-bond donors (Lipinski definition) is 3. The monoisotopic (exact) mass is 395 g/mol. The summed E-state index contributed by atoms with van der Waals surface area (Å²) in [6, 6.07) is 10.4. The molecule has 0 radical (unpaired) electrons. The van der Waals surface area contributed by atoms with Gasteiger partial charge < -0.3 is 10.3 Å². The third-order valence-electron chi connectivity index (χ3n) is 6.01. The fraction of sp³-hybridized carbons (Fsp3) is 0.217. The van der Waals surface area contributed by atoms with E-state index in [1.807, 2.05) is 30.6 Å². The van der Waals surface area contributed by atoms with Crippen LogP contribution in [0.2, 0.25) is 0 Å². The summed E-state index contributed by atoms with van der Waals surface area (Å²) in [5.41, 5.74) is 7.01. The van der Waals surface area contributed by atoms with Crippen molar-refractivity contribution in [2.45, 2.75) is 18.8 Å². The molecule has 148 valence electrons. The largest absolute Gasteiger partial charge is 0.353 e. The van der Waals surface area contributed by atoms with Crippen LogP contribution in [0.5, 0.6) is 0 Å². The third-order valence-corrected chi connectivity index (χ3v) is 6.01. The molecular weight excluding hydrogens is 374 g/mol. The Morgan fingerprint density at radius 3 is 2.63 bits per heavy atom. The molecule has 1 fully saturated rings. The van der Waals surface area contributed by atoms with Gasteiger partial charge in [-0.2, -0.15) is 5.10 Å². The maximum atomic E-state index is 4.63. The number of fused-ring (bicyclic) bond motifs is 2. The number of aromatic amines is 2. The Balaban J connectivity index is 1.47. The van der Waals surface area contributed by atoms with Gasteiger partial charge in [0.25, 0.3) is 0 Å². The molecule has 5 aromatic heterocycles. The molecule has 0 bridgehead atoms. The number of nitrogens with one attached hydrogen (secondary N) is 3. The van der Waals surface area contributed by atoms with Crippen LogP contribution in [0.15, 0.2) is 55.1 Å². The second-order valence-electron chi connectivity index (χ2n) is 7.80. The highest BCUT2D eigenvalue weighted by Gasteiger charge is 2.19. The standard InChI is InChI=1S/C23H21N7/c1-6-24-7-2-14(1)16-11-18-22(29-30-23(18)27-13-16)20-12-17-19(28-20)5-10-26-21(17)15-3-8-25-9-4-15/h3-5,8-14,24,28H,1-2,6-7H2,(H,27,29,30). The topological polar surface area (TPSA) is 95.2 Å². The van der Waals surface area contributed by atoms with Crippen LogP contribution in [0.25, 0.3) is 44.6 Å². The summed E-state index contributed by atoms with van der Waals surface area (Å²) in [4.78, 5) is 16.9. The Labute approximate surface area is 173 Å². The highest BCUT2D eigenvalue weighted by atomic mass is 15.2. The lowest BCUT2D eigenvalue weighted by atomic mass is 9.91. The summed E-state index contributed by atoms with van der Waals surface area (Å²) in [5.74, 6) is 0.552. The van der Waals surface area contributed by atoms with Gasteiger partial charge in [-0.05, 0) is 67.7 Å². The summed E-state index contributed by atoms with van der Waals surface area (Å²) in [5, 5.41) is 13.2. The lowest BCUT2D eigenvalue weighted by Crippen LogP contribution is -2.26. The summed E-state index contributed by atoms with van der Waals surface area (Å²) in [6.45, 7) is 2.13. The minimum absolute atomic E-state index is 0.552. The van der Waals surface area contributed by atoms with E-state index in [1.165, 1.54) is 5.56 Å². The van der Waals surface area contributed by atoms with Crippen LogP contribution in [0, 0.1) is 0 Å². The molecule has 0 atom stereocenters. The molecule has 0 saturated carbocycles. The molecule has 0 spiro atoms. The normalized spacial score (nSPS) is 15.2. The fourth-order valence-corrected chi connectivity index (χ4v) is 4.43. The zero-order chi connectivity index (χ0) is 19.9. The first-order chi connectivity index (χ1) is 14.9. The molecule has 0 aliphatic carbocycles. The van der Waals surface area contributed by atoms with E-state index in [1.54, 1.807) is 12.4 Å². The van der Waals surface area contributed by atoms with E-state index in [9.17, 15) is 0 Å². The highest BCUT2D eigenvalue weighted by Crippen LogP contribution is 2.34. The first kappa shape index (κ1) is 17.3. The van der Waals surface area contributed by atoms with Gasteiger partial charge in [-0.3, -0.25) is 15.1 Å². The molecule has 1 aliphatic rings. The van der Waals surface area contributed by atoms with Crippen molar-refractivity contribution < 1.29 is 0 Å². The molecule has 0 aromatic carbocycles. The number of piperidine rings is 1. The van der Waals surface area contributed by atoms with Crippen molar-refractivity contribution >= 4 is 21.9 Å². The molecule has 6 heterocycles. The van der Waals surface area contributed by atoms with Crippen molar-refractivity contribution in [1.82, 2.24) is 35.5 Å². The van der Waals surface area contributed by atoms with E-state index in [0.29, 0.717) is 5.92 Å². The van der Waals surface area contributed by atoms with Crippen molar-refractivity contribution in [3.05, 3.63) is 60.7 Å². The van der Waals surface area contributed by atoms with Crippen LogP contribution in [0.1, 0.15) is 24.3 Å². The molecule has 1 aliphatic heterocycles. The molecule has 0 amide bonds. The Morgan fingerprint density at radius 1 is 0.900 bits per heavy atom. The number of hydrogen-bond acceptors (Lipinski definition) is 5. The fourth-order valence-electron chi connectivity index (χ4n) is 4.43. The molecule has 1 saturated heterocycles. The van der Waals surface area contributed by atoms with Gasteiger partial charge in [-0.15, -0.1) is 0 Å². The Morgan fingerprint density at radius 2 is 1.77 bits per heavy atom. The maximum absolute atomic E-state index is 4.63. The van der Waals surface area contributed by atoms with Gasteiger partial charge in [-0.25, -0.2) is 4.98 Å². The van der Waals surface area contributed by atoms with Crippen LogP contribution >= 0.6 is 0 Å². The lowest BCUT2D eigenvalue weighted by Gasteiger charge is -2.22. The summed E-state index contributed by atoms with van der Waals surface area (Å²) < 4.78 is 0. The first-order valence-corrected chi connectivity index (χ1v) is 10.3. The second-order valence-corrected chi connectivity index (χ2v) is 7.80. The SMILES string of the molecule is c1cc(-c2nccc3[nH]c(-c4[nH]nc5ncc(C6CCNCC6)cc45)cc23)ccn1. The minimum atomic E-state index is 0.552. The molecule has 5 aromatic rings. The van der Waals surface area contributed by atoms with E-state index < -0.39 is 0 Å². The summed E-state index contributed by atoms with van der Waals surface area (Å²) >= 11 is 0. The smallest absolute Gasteiger partial charge is 0.181 e. The average molecular weight is 395 g/mol. The lowest BCUT2D eigenvalue weighted by molar-refractivity contribution is 0.460. The average Bonchev–Trinajstić information content (AvgIpc) is 3.43. The maximum Gasteiger partial charge on any atom is 0.181 e. The van der Waals surface area contributed by atoms with E-state index in [0.717, 1.165) is 70.5 Å². The van der Waals surface area contributed by atoms with Crippen LogP contribution in [0.3, 0.4) is 0 Å². The zero-order valence-electron chi connectivity index (χ0n) is 16.4. The van der Waals surface area contributed by atoms with E-state index in [4.69, 9.17) is 0 Å². The number of nitrogens with zero attached hydrogens (tertiary/aromatic N) is 4. The van der Waals surface area contributed by atoms with Crippen LogP contribution in [0.4, 0.5) is 0 Å². The van der Waals surface area contributed by atoms with Gasteiger partial charge in [0, 0.05) is 46.6 Å². The van der Waals surface area contributed by atoms with Crippen LogP contribution in [-0.4, -0.2) is 43.2 Å². The van der Waals surface area contributed by atoms with Gasteiger partial charge >= 0.3 is 0 Å². The van der Waals surface area contributed by atoms with Crippen molar-refractivity contribution in [3.8, 4) is 22.6 Å².